The minimum Gasteiger partial charge on any atom is -0.341 e. The lowest BCUT2D eigenvalue weighted by Gasteiger charge is -2.30. The third-order valence-corrected chi connectivity index (χ3v) is 5.76. The monoisotopic (exact) mass is 406 g/mol. The lowest BCUT2D eigenvalue weighted by atomic mass is 9.90. The molecular weight excluding hydrogens is 384 g/mol. The predicted octanol–water partition coefficient (Wildman–Crippen LogP) is 3.94. The molecule has 0 saturated carbocycles. The van der Waals surface area contributed by atoms with Gasteiger partial charge in [-0.2, -0.15) is 0 Å². The Morgan fingerprint density at radius 2 is 2.00 bits per heavy atom. The summed E-state index contributed by atoms with van der Waals surface area (Å²) in [6, 6.07) is 8.09. The SMILES string of the molecule is CC1(CN)CCN(C(=O)C(C)(C)Sc2ccc(Br)cc2)C1.Cl. The summed E-state index contributed by atoms with van der Waals surface area (Å²) in [4.78, 5) is 15.9. The summed E-state index contributed by atoms with van der Waals surface area (Å²) >= 11 is 5.05. The number of likely N-dealkylation sites (tertiary alicyclic amines) is 1. The number of hydrogen-bond donors (Lipinski definition) is 1. The van der Waals surface area contributed by atoms with Gasteiger partial charge in [0.05, 0.1) is 4.75 Å². The third-order valence-electron chi connectivity index (χ3n) is 4.04. The molecule has 0 aliphatic carbocycles. The van der Waals surface area contributed by atoms with Gasteiger partial charge in [-0.3, -0.25) is 4.79 Å². The summed E-state index contributed by atoms with van der Waals surface area (Å²) in [6.07, 6.45) is 0.994. The minimum absolute atomic E-state index is 0. The number of amides is 1. The largest absolute Gasteiger partial charge is 0.341 e. The molecular formula is C16H24BrClN2OS. The maximum Gasteiger partial charge on any atom is 0.238 e. The Morgan fingerprint density at radius 3 is 2.50 bits per heavy atom. The molecule has 1 aromatic rings. The van der Waals surface area contributed by atoms with Crippen molar-refractivity contribution in [1.82, 2.24) is 4.90 Å². The standard InChI is InChI=1S/C16H23BrN2OS.ClH/c1-15(2,21-13-6-4-12(17)5-7-13)14(20)19-9-8-16(3,10-18)11-19;/h4-7H,8-11,18H2,1-3H3;1H. The molecule has 0 spiro atoms. The Labute approximate surface area is 151 Å². The first-order chi connectivity index (χ1) is 9.76. The van der Waals surface area contributed by atoms with E-state index in [0.717, 1.165) is 28.9 Å². The van der Waals surface area contributed by atoms with E-state index < -0.39 is 4.75 Å². The number of halogens is 2. The molecule has 1 aliphatic heterocycles. The van der Waals surface area contributed by atoms with Gasteiger partial charge in [0, 0.05) is 22.5 Å². The van der Waals surface area contributed by atoms with Crippen molar-refractivity contribution in [2.24, 2.45) is 11.1 Å². The summed E-state index contributed by atoms with van der Waals surface area (Å²) in [6.45, 7) is 8.38. The third kappa shape index (κ3) is 4.63. The summed E-state index contributed by atoms with van der Waals surface area (Å²) < 4.78 is 0.586. The van der Waals surface area contributed by atoms with Crippen LogP contribution in [-0.2, 0) is 4.79 Å². The van der Waals surface area contributed by atoms with Gasteiger partial charge in [-0.15, -0.1) is 24.2 Å². The first-order valence-electron chi connectivity index (χ1n) is 7.20. The number of nitrogens with zero attached hydrogens (tertiary/aromatic N) is 1. The van der Waals surface area contributed by atoms with Crippen LogP contribution in [0.4, 0.5) is 0 Å². The second-order valence-corrected chi connectivity index (χ2v) is 9.17. The van der Waals surface area contributed by atoms with Gasteiger partial charge in [0.15, 0.2) is 0 Å². The predicted molar refractivity (Wildman–Crippen MR) is 99.7 cm³/mol. The zero-order valence-corrected chi connectivity index (χ0v) is 16.5. The van der Waals surface area contributed by atoms with Crippen LogP contribution in [0.1, 0.15) is 27.2 Å². The number of benzene rings is 1. The molecule has 2 N–H and O–H groups in total. The van der Waals surface area contributed by atoms with Gasteiger partial charge in [-0.05, 0) is 56.5 Å². The van der Waals surface area contributed by atoms with Crippen LogP contribution in [0, 0.1) is 5.41 Å². The average molecular weight is 408 g/mol. The number of thioether (sulfide) groups is 1. The molecule has 1 aliphatic rings. The van der Waals surface area contributed by atoms with E-state index in [-0.39, 0.29) is 23.7 Å². The topological polar surface area (TPSA) is 46.3 Å². The molecule has 3 nitrogen and oxygen atoms in total. The van der Waals surface area contributed by atoms with Gasteiger partial charge in [-0.1, -0.05) is 22.9 Å². The van der Waals surface area contributed by atoms with Crippen LogP contribution in [0.25, 0.3) is 0 Å². The van der Waals surface area contributed by atoms with Crippen molar-refractivity contribution in [3.63, 3.8) is 0 Å². The fraction of sp³-hybridized carbons (Fsp3) is 0.562. The maximum atomic E-state index is 12.8. The van der Waals surface area contributed by atoms with Crippen molar-refractivity contribution in [2.45, 2.75) is 36.8 Å². The molecule has 0 aromatic heterocycles. The Balaban J connectivity index is 0.00000242. The maximum absolute atomic E-state index is 12.8. The van der Waals surface area contributed by atoms with E-state index in [4.69, 9.17) is 5.73 Å². The molecule has 1 fully saturated rings. The lowest BCUT2D eigenvalue weighted by molar-refractivity contribution is -0.132. The van der Waals surface area contributed by atoms with E-state index in [0.29, 0.717) is 6.54 Å². The fourth-order valence-corrected chi connectivity index (χ4v) is 3.93. The first kappa shape index (κ1) is 19.8. The molecule has 1 heterocycles. The Hall–Kier alpha value is -0.230. The van der Waals surface area contributed by atoms with Crippen LogP contribution in [0.2, 0.25) is 0 Å². The second-order valence-electron chi connectivity index (χ2n) is 6.56. The normalized spacial score (nSPS) is 21.6. The molecule has 1 atom stereocenters. The number of carbonyl (C=O) groups excluding carboxylic acids is 1. The number of nitrogens with two attached hydrogens (primary N) is 1. The van der Waals surface area contributed by atoms with Gasteiger partial charge in [-0.25, -0.2) is 0 Å². The molecule has 22 heavy (non-hydrogen) atoms. The van der Waals surface area contributed by atoms with Crippen LogP contribution in [0.3, 0.4) is 0 Å². The van der Waals surface area contributed by atoms with Crippen molar-refractivity contribution >= 4 is 46.0 Å². The highest BCUT2D eigenvalue weighted by Crippen LogP contribution is 2.37. The zero-order chi connectivity index (χ0) is 15.7. The number of rotatable bonds is 4. The number of carbonyl (C=O) groups is 1. The molecule has 1 aromatic carbocycles. The van der Waals surface area contributed by atoms with E-state index >= 15 is 0 Å². The summed E-state index contributed by atoms with van der Waals surface area (Å²) in [5, 5.41) is 0. The van der Waals surface area contributed by atoms with Gasteiger partial charge >= 0.3 is 0 Å². The van der Waals surface area contributed by atoms with Crippen LogP contribution >= 0.6 is 40.1 Å². The van der Waals surface area contributed by atoms with E-state index in [1.807, 2.05) is 43.0 Å². The summed E-state index contributed by atoms with van der Waals surface area (Å²) in [5.74, 6) is 0.201. The van der Waals surface area contributed by atoms with Crippen LogP contribution in [0.15, 0.2) is 33.6 Å². The van der Waals surface area contributed by atoms with Crippen LogP contribution in [0.5, 0.6) is 0 Å². The van der Waals surface area contributed by atoms with Crippen LogP contribution in [-0.4, -0.2) is 35.2 Å². The zero-order valence-electron chi connectivity index (χ0n) is 13.3. The highest BCUT2D eigenvalue weighted by Gasteiger charge is 2.40. The van der Waals surface area contributed by atoms with Crippen molar-refractivity contribution in [2.75, 3.05) is 19.6 Å². The van der Waals surface area contributed by atoms with Gasteiger partial charge in [0.2, 0.25) is 5.91 Å². The molecule has 1 unspecified atom stereocenters. The Bertz CT molecular complexity index is 523. The van der Waals surface area contributed by atoms with E-state index in [1.54, 1.807) is 11.8 Å². The fourth-order valence-electron chi connectivity index (χ4n) is 2.59. The average Bonchev–Trinajstić information content (AvgIpc) is 2.83. The lowest BCUT2D eigenvalue weighted by Crippen LogP contribution is -2.43. The van der Waals surface area contributed by atoms with Crippen molar-refractivity contribution in [1.29, 1.82) is 0 Å². The van der Waals surface area contributed by atoms with Crippen molar-refractivity contribution in [3.05, 3.63) is 28.7 Å². The summed E-state index contributed by atoms with van der Waals surface area (Å²) in [7, 11) is 0. The molecule has 124 valence electrons. The first-order valence-corrected chi connectivity index (χ1v) is 8.81. The summed E-state index contributed by atoms with van der Waals surface area (Å²) in [5.41, 5.74) is 5.91. The number of hydrogen-bond acceptors (Lipinski definition) is 3. The van der Waals surface area contributed by atoms with Gasteiger partial charge in [0.1, 0.15) is 0 Å². The molecule has 0 radical (unpaired) electrons. The Morgan fingerprint density at radius 1 is 1.41 bits per heavy atom. The molecule has 1 saturated heterocycles. The highest BCUT2D eigenvalue weighted by atomic mass is 79.9. The minimum atomic E-state index is -0.465. The van der Waals surface area contributed by atoms with Gasteiger partial charge in [0.25, 0.3) is 0 Å². The van der Waals surface area contributed by atoms with E-state index in [1.165, 1.54) is 0 Å². The Kier molecular flexibility index (Phi) is 6.81. The second kappa shape index (κ2) is 7.56. The van der Waals surface area contributed by atoms with Crippen LogP contribution < -0.4 is 5.73 Å². The smallest absolute Gasteiger partial charge is 0.238 e. The highest BCUT2D eigenvalue weighted by molar-refractivity contribution is 9.10. The molecule has 2 rings (SSSR count). The van der Waals surface area contributed by atoms with Crippen molar-refractivity contribution < 1.29 is 4.79 Å². The van der Waals surface area contributed by atoms with Gasteiger partial charge < -0.3 is 10.6 Å². The van der Waals surface area contributed by atoms with Crippen molar-refractivity contribution in [3.8, 4) is 0 Å². The molecule has 0 bridgehead atoms. The molecule has 6 heteroatoms. The quantitative estimate of drug-likeness (QED) is 0.769. The van der Waals surface area contributed by atoms with E-state index in [2.05, 4.69) is 22.9 Å². The van der Waals surface area contributed by atoms with E-state index in [9.17, 15) is 4.79 Å². The molecule has 1 amide bonds.